The van der Waals surface area contributed by atoms with E-state index in [1.54, 1.807) is 0 Å². The third-order valence-electron chi connectivity index (χ3n) is 3.61. The Morgan fingerprint density at radius 3 is 2.56 bits per heavy atom. The molecule has 2 aromatic carbocycles. The highest BCUT2D eigenvalue weighted by molar-refractivity contribution is 6.02. The van der Waals surface area contributed by atoms with Crippen LogP contribution in [0.5, 0.6) is 0 Å². The smallest absolute Gasteiger partial charge is 0.158 e. The minimum absolute atomic E-state index is 0.328. The highest BCUT2D eigenvalue weighted by Crippen LogP contribution is 2.25. The minimum atomic E-state index is 0.328. The number of hydrogen-bond acceptors (Lipinski definition) is 1. The third kappa shape index (κ3) is 2.08. The quantitative estimate of drug-likeness (QED) is 0.672. The van der Waals surface area contributed by atoms with Crippen LogP contribution in [0.25, 0.3) is 16.8 Å². The van der Waals surface area contributed by atoms with Crippen LogP contribution in [0.1, 0.15) is 31.2 Å². The molecule has 1 aliphatic carbocycles. The van der Waals surface area contributed by atoms with E-state index in [4.69, 9.17) is 0 Å². The van der Waals surface area contributed by atoms with Gasteiger partial charge in [0.15, 0.2) is 5.78 Å². The summed E-state index contributed by atoms with van der Waals surface area (Å²) < 4.78 is 0. The van der Waals surface area contributed by atoms with Gasteiger partial charge in [-0.25, -0.2) is 0 Å². The molecule has 0 atom stereocenters. The van der Waals surface area contributed by atoms with E-state index >= 15 is 0 Å². The zero-order valence-electron chi connectivity index (χ0n) is 10.4. The van der Waals surface area contributed by atoms with Crippen molar-refractivity contribution in [2.45, 2.75) is 25.7 Å². The number of rotatable bonds is 1. The van der Waals surface area contributed by atoms with Crippen molar-refractivity contribution in [2.75, 3.05) is 0 Å². The Hall–Kier alpha value is -1.89. The highest BCUT2D eigenvalue weighted by atomic mass is 16.1. The van der Waals surface area contributed by atoms with Crippen molar-refractivity contribution in [3.05, 3.63) is 53.6 Å². The predicted octanol–water partition coefficient (Wildman–Crippen LogP) is 4.37. The van der Waals surface area contributed by atoms with Crippen LogP contribution in [-0.2, 0) is 4.79 Å². The molecule has 18 heavy (non-hydrogen) atoms. The van der Waals surface area contributed by atoms with Crippen LogP contribution in [0.3, 0.4) is 0 Å². The number of benzene rings is 2. The molecule has 1 saturated carbocycles. The Morgan fingerprint density at radius 2 is 1.67 bits per heavy atom. The topological polar surface area (TPSA) is 17.1 Å². The maximum atomic E-state index is 11.9. The zero-order valence-corrected chi connectivity index (χ0v) is 10.4. The summed E-state index contributed by atoms with van der Waals surface area (Å²) in [5, 5.41) is 2.46. The maximum Gasteiger partial charge on any atom is 0.158 e. The first-order chi connectivity index (χ1) is 8.84. The monoisotopic (exact) mass is 236 g/mol. The molecule has 0 aromatic heterocycles. The van der Waals surface area contributed by atoms with E-state index in [1.165, 1.54) is 16.3 Å². The van der Waals surface area contributed by atoms with E-state index < -0.39 is 0 Å². The molecule has 0 bridgehead atoms. The van der Waals surface area contributed by atoms with Crippen LogP contribution in [0.2, 0.25) is 0 Å². The molecule has 0 aliphatic heterocycles. The lowest BCUT2D eigenvalue weighted by atomic mass is 9.91. The van der Waals surface area contributed by atoms with Crippen LogP contribution in [-0.4, -0.2) is 5.78 Å². The normalized spacial score (nSPS) is 18.4. The molecule has 0 N–H and O–H groups in total. The molecule has 1 nitrogen and oxygen atoms in total. The highest BCUT2D eigenvalue weighted by Gasteiger charge is 2.14. The second kappa shape index (κ2) is 4.77. The summed E-state index contributed by atoms with van der Waals surface area (Å²) in [5.74, 6) is 0.328. The minimum Gasteiger partial charge on any atom is -0.295 e. The standard InChI is InChI=1S/C17H16O/c18-17-11-4-2-7-15(17)12-14-9-5-8-13-6-1-3-10-16(13)14/h1,3,5-6,8-10,12H,2,4,7,11H2. The van der Waals surface area contributed by atoms with Crippen LogP contribution in [0, 0.1) is 0 Å². The Balaban J connectivity index is 2.09. The summed E-state index contributed by atoms with van der Waals surface area (Å²) >= 11 is 0. The fraction of sp³-hybridized carbons (Fsp3) is 0.235. The second-order valence-electron chi connectivity index (χ2n) is 4.87. The summed E-state index contributed by atoms with van der Waals surface area (Å²) in [7, 11) is 0. The number of allylic oxidation sites excluding steroid dienone is 1. The van der Waals surface area contributed by atoms with Gasteiger partial charge in [-0.3, -0.25) is 4.79 Å². The van der Waals surface area contributed by atoms with Gasteiger partial charge >= 0.3 is 0 Å². The number of carbonyl (C=O) groups is 1. The molecule has 0 saturated heterocycles. The fourth-order valence-electron chi connectivity index (χ4n) is 2.62. The lowest BCUT2D eigenvalue weighted by molar-refractivity contribution is -0.116. The van der Waals surface area contributed by atoms with Gasteiger partial charge in [0.2, 0.25) is 0 Å². The summed E-state index contributed by atoms with van der Waals surface area (Å²) in [6.45, 7) is 0. The number of carbonyl (C=O) groups excluding carboxylic acids is 1. The summed E-state index contributed by atoms with van der Waals surface area (Å²) in [5.41, 5.74) is 2.16. The lowest BCUT2D eigenvalue weighted by Gasteiger charge is -2.13. The Labute approximate surface area is 107 Å². The molecule has 3 rings (SSSR count). The van der Waals surface area contributed by atoms with Gasteiger partial charge in [0.25, 0.3) is 0 Å². The van der Waals surface area contributed by atoms with Crippen LogP contribution < -0.4 is 0 Å². The number of hydrogen-bond donors (Lipinski definition) is 0. The number of fused-ring (bicyclic) bond motifs is 1. The van der Waals surface area contributed by atoms with Gasteiger partial charge in [-0.05, 0) is 47.2 Å². The van der Waals surface area contributed by atoms with Gasteiger partial charge in [0.1, 0.15) is 0 Å². The molecular weight excluding hydrogens is 220 g/mol. The largest absolute Gasteiger partial charge is 0.295 e. The molecular formula is C17H16O. The van der Waals surface area contributed by atoms with Gasteiger partial charge in [0.05, 0.1) is 0 Å². The van der Waals surface area contributed by atoms with E-state index in [0.29, 0.717) is 5.78 Å². The second-order valence-corrected chi connectivity index (χ2v) is 4.87. The van der Waals surface area contributed by atoms with Gasteiger partial charge in [-0.2, -0.15) is 0 Å². The average Bonchev–Trinajstić information content (AvgIpc) is 2.42. The van der Waals surface area contributed by atoms with Crippen molar-refractivity contribution < 1.29 is 4.79 Å². The molecule has 90 valence electrons. The van der Waals surface area contributed by atoms with E-state index in [0.717, 1.165) is 31.3 Å². The van der Waals surface area contributed by atoms with Crippen LogP contribution in [0.15, 0.2) is 48.0 Å². The van der Waals surface area contributed by atoms with Crippen LogP contribution >= 0.6 is 0 Å². The Kier molecular flexibility index (Phi) is 2.97. The molecule has 0 unspecified atom stereocenters. The fourth-order valence-corrected chi connectivity index (χ4v) is 2.62. The molecule has 1 fully saturated rings. The van der Waals surface area contributed by atoms with Crippen molar-refractivity contribution in [2.24, 2.45) is 0 Å². The maximum absolute atomic E-state index is 11.9. The van der Waals surface area contributed by atoms with E-state index in [2.05, 4.69) is 36.4 Å². The molecule has 0 radical (unpaired) electrons. The zero-order chi connectivity index (χ0) is 12.4. The average molecular weight is 236 g/mol. The van der Waals surface area contributed by atoms with E-state index in [9.17, 15) is 4.79 Å². The molecule has 0 spiro atoms. The summed E-state index contributed by atoms with van der Waals surface area (Å²) in [6, 6.07) is 14.6. The van der Waals surface area contributed by atoms with Crippen molar-refractivity contribution in [1.82, 2.24) is 0 Å². The Morgan fingerprint density at radius 1 is 0.889 bits per heavy atom. The summed E-state index contributed by atoms with van der Waals surface area (Å²) in [4.78, 5) is 11.9. The number of Topliss-reactive ketones (excluding diaryl/α,β-unsaturated/α-hetero) is 1. The van der Waals surface area contributed by atoms with Crippen molar-refractivity contribution >= 4 is 22.6 Å². The van der Waals surface area contributed by atoms with E-state index in [-0.39, 0.29) is 0 Å². The first-order valence-electron chi connectivity index (χ1n) is 6.56. The SMILES string of the molecule is O=C1CCCCC1=Cc1cccc2ccccc12. The van der Waals surface area contributed by atoms with Crippen molar-refractivity contribution in [3.63, 3.8) is 0 Å². The summed E-state index contributed by atoms with van der Waals surface area (Å²) in [6.07, 6.45) is 5.93. The lowest BCUT2D eigenvalue weighted by Crippen LogP contribution is -2.07. The molecule has 0 amide bonds. The molecule has 1 aliphatic rings. The molecule has 0 heterocycles. The predicted molar refractivity (Wildman–Crippen MR) is 75.4 cm³/mol. The molecule has 1 heteroatoms. The van der Waals surface area contributed by atoms with Crippen LogP contribution in [0.4, 0.5) is 0 Å². The third-order valence-corrected chi connectivity index (χ3v) is 3.61. The van der Waals surface area contributed by atoms with Gasteiger partial charge in [0, 0.05) is 6.42 Å². The van der Waals surface area contributed by atoms with Gasteiger partial charge in [-0.1, -0.05) is 42.5 Å². The first-order valence-corrected chi connectivity index (χ1v) is 6.56. The van der Waals surface area contributed by atoms with E-state index in [1.807, 2.05) is 12.1 Å². The molecule has 2 aromatic rings. The van der Waals surface area contributed by atoms with Crippen molar-refractivity contribution in [3.8, 4) is 0 Å². The Bertz CT molecular complexity index is 617. The number of ketones is 1. The van der Waals surface area contributed by atoms with Gasteiger partial charge < -0.3 is 0 Å². The van der Waals surface area contributed by atoms with Crippen molar-refractivity contribution in [1.29, 1.82) is 0 Å². The van der Waals surface area contributed by atoms with Gasteiger partial charge in [-0.15, -0.1) is 0 Å². The first kappa shape index (κ1) is 11.2.